The predicted octanol–water partition coefficient (Wildman–Crippen LogP) is 2.37. The van der Waals surface area contributed by atoms with E-state index in [0.29, 0.717) is 6.42 Å². The molecule has 0 unspecified atom stereocenters. The number of allylic oxidation sites excluding steroid dienone is 2. The van der Waals surface area contributed by atoms with Crippen LogP contribution in [0.4, 0.5) is 0 Å². The Kier molecular flexibility index (Phi) is 3.30. The number of hydrogen-bond acceptors (Lipinski definition) is 3. The maximum Gasteiger partial charge on any atom is 0.157 e. The van der Waals surface area contributed by atoms with Crippen LogP contribution in [0, 0.1) is 5.41 Å². The highest BCUT2D eigenvalue weighted by molar-refractivity contribution is 5.91. The van der Waals surface area contributed by atoms with Crippen LogP contribution >= 0.6 is 0 Å². The molecule has 3 nitrogen and oxygen atoms in total. The van der Waals surface area contributed by atoms with Crippen LogP contribution in [0.5, 0.6) is 0 Å². The Morgan fingerprint density at radius 1 is 1.24 bits per heavy atom. The van der Waals surface area contributed by atoms with Crippen molar-refractivity contribution in [3.8, 4) is 0 Å². The predicted molar refractivity (Wildman–Crippen MR) is 67.7 cm³/mol. The number of carbonyl (C=O) groups is 1. The summed E-state index contributed by atoms with van der Waals surface area (Å²) in [6, 6.07) is 0. The minimum absolute atomic E-state index is 0.103. The molecule has 1 aliphatic carbocycles. The minimum Gasteiger partial charge on any atom is -0.372 e. The molecule has 0 aromatic heterocycles. The average molecular weight is 237 g/mol. The first-order valence-electron chi connectivity index (χ1n) is 6.49. The summed E-state index contributed by atoms with van der Waals surface area (Å²) in [6.45, 7) is 10.3. The van der Waals surface area contributed by atoms with Gasteiger partial charge < -0.3 is 9.64 Å². The molecule has 0 saturated carbocycles. The summed E-state index contributed by atoms with van der Waals surface area (Å²) >= 11 is 0. The highest BCUT2D eigenvalue weighted by atomic mass is 16.5. The average Bonchev–Trinajstić information content (AvgIpc) is 2.12. The Morgan fingerprint density at radius 3 is 2.35 bits per heavy atom. The highest BCUT2D eigenvalue weighted by Gasteiger charge is 2.32. The molecule has 1 fully saturated rings. The van der Waals surface area contributed by atoms with Crippen LogP contribution in [0.25, 0.3) is 0 Å². The molecule has 2 rings (SSSR count). The summed E-state index contributed by atoms with van der Waals surface area (Å²) in [5, 5.41) is 0. The Morgan fingerprint density at radius 2 is 1.82 bits per heavy atom. The zero-order valence-electron chi connectivity index (χ0n) is 11.3. The minimum atomic E-state index is 0.103. The van der Waals surface area contributed by atoms with Crippen molar-refractivity contribution in [3.63, 3.8) is 0 Å². The standard InChI is InChI=1S/C14H23NO2/c1-10-8-15(9-11(2)17-10)12-5-13(16)7-14(3,4)6-12/h5,10-11H,6-9H2,1-4H3/t10-,11-/m0/s1. The Hall–Kier alpha value is -0.830. The molecule has 0 bridgehead atoms. The van der Waals surface area contributed by atoms with E-state index in [2.05, 4.69) is 32.6 Å². The van der Waals surface area contributed by atoms with Crippen molar-refractivity contribution >= 4 is 5.78 Å². The Balaban J connectivity index is 2.13. The van der Waals surface area contributed by atoms with Crippen LogP contribution in [0.2, 0.25) is 0 Å². The third-order valence-electron chi connectivity index (χ3n) is 3.47. The Labute approximate surface area is 104 Å². The first-order valence-corrected chi connectivity index (χ1v) is 6.49. The highest BCUT2D eigenvalue weighted by Crippen LogP contribution is 2.35. The first-order chi connectivity index (χ1) is 7.85. The van der Waals surface area contributed by atoms with Gasteiger partial charge in [-0.2, -0.15) is 0 Å². The van der Waals surface area contributed by atoms with Crippen molar-refractivity contribution in [2.45, 2.75) is 52.7 Å². The third-order valence-corrected chi connectivity index (χ3v) is 3.47. The van der Waals surface area contributed by atoms with E-state index in [1.54, 1.807) is 0 Å². The maximum atomic E-state index is 11.8. The molecule has 1 heterocycles. The molecule has 0 amide bonds. The summed E-state index contributed by atoms with van der Waals surface area (Å²) in [5.74, 6) is 0.267. The lowest BCUT2D eigenvalue weighted by molar-refractivity contribution is -0.117. The molecule has 0 aromatic rings. The van der Waals surface area contributed by atoms with Gasteiger partial charge in [0.15, 0.2) is 5.78 Å². The zero-order valence-corrected chi connectivity index (χ0v) is 11.3. The van der Waals surface area contributed by atoms with Gasteiger partial charge in [-0.1, -0.05) is 13.8 Å². The van der Waals surface area contributed by atoms with Crippen molar-refractivity contribution in [3.05, 3.63) is 11.8 Å². The monoisotopic (exact) mass is 237 g/mol. The van der Waals surface area contributed by atoms with Gasteiger partial charge in [0.05, 0.1) is 12.2 Å². The quantitative estimate of drug-likeness (QED) is 0.701. The van der Waals surface area contributed by atoms with Crippen LogP contribution in [-0.2, 0) is 9.53 Å². The van der Waals surface area contributed by atoms with Crippen LogP contribution in [-0.4, -0.2) is 36.0 Å². The third kappa shape index (κ3) is 3.09. The zero-order chi connectivity index (χ0) is 12.6. The molecule has 1 aliphatic heterocycles. The number of hydrogen-bond donors (Lipinski definition) is 0. The SMILES string of the molecule is C[C@H]1CN(C2=CC(=O)CC(C)(C)C2)C[C@H](C)O1. The molecular weight excluding hydrogens is 214 g/mol. The van der Waals surface area contributed by atoms with E-state index in [1.165, 1.54) is 5.70 Å². The van der Waals surface area contributed by atoms with Gasteiger partial charge in [0.1, 0.15) is 0 Å². The molecule has 0 N–H and O–H groups in total. The number of nitrogens with zero attached hydrogens (tertiary/aromatic N) is 1. The van der Waals surface area contributed by atoms with E-state index in [0.717, 1.165) is 19.5 Å². The summed E-state index contributed by atoms with van der Waals surface area (Å²) in [4.78, 5) is 14.1. The lowest BCUT2D eigenvalue weighted by atomic mass is 9.78. The molecule has 0 aromatic carbocycles. The second-order valence-electron chi connectivity index (χ2n) is 6.28. The molecular formula is C14H23NO2. The van der Waals surface area contributed by atoms with E-state index in [4.69, 9.17) is 4.74 Å². The lowest BCUT2D eigenvalue weighted by Crippen LogP contribution is -2.46. The van der Waals surface area contributed by atoms with Crippen molar-refractivity contribution in [2.75, 3.05) is 13.1 Å². The summed E-state index contributed by atoms with van der Waals surface area (Å²) < 4.78 is 5.73. The van der Waals surface area contributed by atoms with Gasteiger partial charge in [0, 0.05) is 31.3 Å². The summed E-state index contributed by atoms with van der Waals surface area (Å²) in [6.07, 6.45) is 4.01. The normalized spacial score (nSPS) is 33.5. The van der Waals surface area contributed by atoms with Crippen LogP contribution < -0.4 is 0 Å². The maximum absolute atomic E-state index is 11.8. The fourth-order valence-corrected chi connectivity index (χ4v) is 2.93. The fourth-order valence-electron chi connectivity index (χ4n) is 2.93. The number of ketones is 1. The molecule has 2 aliphatic rings. The molecule has 0 spiro atoms. The summed E-state index contributed by atoms with van der Waals surface area (Å²) in [5.41, 5.74) is 1.31. The van der Waals surface area contributed by atoms with E-state index in [-0.39, 0.29) is 23.4 Å². The van der Waals surface area contributed by atoms with Crippen molar-refractivity contribution < 1.29 is 9.53 Å². The van der Waals surface area contributed by atoms with Gasteiger partial charge in [-0.3, -0.25) is 4.79 Å². The number of carbonyl (C=O) groups excluding carboxylic acids is 1. The van der Waals surface area contributed by atoms with Gasteiger partial charge in [-0.15, -0.1) is 0 Å². The first kappa shape index (κ1) is 12.6. The number of rotatable bonds is 1. The Bertz CT molecular complexity index is 336. The smallest absolute Gasteiger partial charge is 0.157 e. The van der Waals surface area contributed by atoms with E-state index < -0.39 is 0 Å². The largest absolute Gasteiger partial charge is 0.372 e. The van der Waals surface area contributed by atoms with Crippen molar-refractivity contribution in [1.82, 2.24) is 4.90 Å². The van der Waals surface area contributed by atoms with Crippen LogP contribution in [0.15, 0.2) is 11.8 Å². The lowest BCUT2D eigenvalue weighted by Gasteiger charge is -2.41. The second-order valence-corrected chi connectivity index (χ2v) is 6.28. The number of ether oxygens (including phenoxy) is 1. The molecule has 0 radical (unpaired) electrons. The van der Waals surface area contributed by atoms with Gasteiger partial charge in [-0.25, -0.2) is 0 Å². The van der Waals surface area contributed by atoms with Gasteiger partial charge in [0.25, 0.3) is 0 Å². The molecule has 17 heavy (non-hydrogen) atoms. The van der Waals surface area contributed by atoms with Crippen molar-refractivity contribution in [2.24, 2.45) is 5.41 Å². The van der Waals surface area contributed by atoms with E-state index in [1.807, 2.05) is 6.08 Å². The topological polar surface area (TPSA) is 29.5 Å². The van der Waals surface area contributed by atoms with Crippen LogP contribution in [0.1, 0.15) is 40.5 Å². The fraction of sp³-hybridized carbons (Fsp3) is 0.786. The van der Waals surface area contributed by atoms with E-state index in [9.17, 15) is 4.79 Å². The van der Waals surface area contributed by atoms with E-state index >= 15 is 0 Å². The summed E-state index contributed by atoms with van der Waals surface area (Å²) in [7, 11) is 0. The molecule has 3 heteroatoms. The number of morpholine rings is 1. The molecule has 1 saturated heterocycles. The second kappa shape index (κ2) is 4.45. The van der Waals surface area contributed by atoms with Crippen LogP contribution in [0.3, 0.4) is 0 Å². The van der Waals surface area contributed by atoms with Gasteiger partial charge in [-0.05, 0) is 25.7 Å². The van der Waals surface area contributed by atoms with Crippen molar-refractivity contribution in [1.29, 1.82) is 0 Å². The van der Waals surface area contributed by atoms with Gasteiger partial charge >= 0.3 is 0 Å². The molecule has 96 valence electrons. The van der Waals surface area contributed by atoms with Gasteiger partial charge in [0.2, 0.25) is 0 Å². The molecule has 2 atom stereocenters.